The normalized spacial score (nSPS) is 16.3. The first-order valence-electron chi connectivity index (χ1n) is 10.6. The fourth-order valence-electron chi connectivity index (χ4n) is 4.26. The van der Waals surface area contributed by atoms with Gasteiger partial charge in [0.05, 0.1) is 6.42 Å². The molecule has 3 aromatic rings. The minimum Gasteiger partial charge on any atom is -0.358 e. The molecule has 1 unspecified atom stereocenters. The van der Waals surface area contributed by atoms with E-state index in [2.05, 4.69) is 15.6 Å². The number of amides is 3. The number of halogens is 1. The maximum Gasteiger partial charge on any atom is 0.319 e. The standard InChI is InChI=1S/C24H27FN4O2/c1-16-21(20-9-2-3-10-22(20)27-16)13-23(30)29-11-5-6-17(15-29)14-26-24(31)28-19-8-4-7-18(25)12-19/h2-4,7-10,12,17,27H,5-6,11,13-15H2,1H3,(H2,26,28,31). The molecule has 7 heteroatoms. The number of nitrogens with one attached hydrogen (secondary N) is 3. The van der Waals surface area contributed by atoms with E-state index < -0.39 is 5.82 Å². The molecule has 1 aromatic heterocycles. The summed E-state index contributed by atoms with van der Waals surface area (Å²) in [7, 11) is 0. The highest BCUT2D eigenvalue weighted by molar-refractivity contribution is 5.90. The molecule has 6 nitrogen and oxygen atoms in total. The number of aryl methyl sites for hydroxylation is 1. The van der Waals surface area contributed by atoms with Gasteiger partial charge in [-0.15, -0.1) is 0 Å². The molecule has 0 spiro atoms. The lowest BCUT2D eigenvalue weighted by atomic mass is 9.97. The van der Waals surface area contributed by atoms with Crippen LogP contribution in [-0.2, 0) is 11.2 Å². The van der Waals surface area contributed by atoms with E-state index in [0.717, 1.165) is 41.5 Å². The Bertz CT molecular complexity index is 1090. The third kappa shape index (κ3) is 5.05. The van der Waals surface area contributed by atoms with Gasteiger partial charge in [-0.25, -0.2) is 9.18 Å². The number of likely N-dealkylation sites (tertiary alicyclic amines) is 1. The Morgan fingerprint density at radius 1 is 1.19 bits per heavy atom. The number of carbonyl (C=O) groups is 2. The number of aromatic amines is 1. The van der Waals surface area contributed by atoms with Gasteiger partial charge in [-0.1, -0.05) is 24.3 Å². The van der Waals surface area contributed by atoms with Gasteiger partial charge in [-0.2, -0.15) is 0 Å². The van der Waals surface area contributed by atoms with Crippen molar-refractivity contribution in [2.24, 2.45) is 5.92 Å². The van der Waals surface area contributed by atoms with Gasteiger partial charge in [0.2, 0.25) is 5.91 Å². The Morgan fingerprint density at radius 3 is 2.87 bits per heavy atom. The van der Waals surface area contributed by atoms with Crippen LogP contribution in [0.15, 0.2) is 48.5 Å². The minimum atomic E-state index is -0.398. The number of hydrogen-bond acceptors (Lipinski definition) is 2. The number of urea groups is 1. The van der Waals surface area contributed by atoms with Crippen LogP contribution in [0.25, 0.3) is 10.9 Å². The molecule has 0 saturated carbocycles. The van der Waals surface area contributed by atoms with Crippen LogP contribution in [0.5, 0.6) is 0 Å². The highest BCUT2D eigenvalue weighted by atomic mass is 19.1. The molecule has 1 saturated heterocycles. The van der Waals surface area contributed by atoms with E-state index in [-0.39, 0.29) is 17.9 Å². The Balaban J connectivity index is 1.31. The number of para-hydroxylation sites is 1. The van der Waals surface area contributed by atoms with Gasteiger partial charge in [0, 0.05) is 41.9 Å². The van der Waals surface area contributed by atoms with Crippen LogP contribution in [0, 0.1) is 18.7 Å². The van der Waals surface area contributed by atoms with Crippen LogP contribution in [0.3, 0.4) is 0 Å². The van der Waals surface area contributed by atoms with Crippen molar-refractivity contribution in [1.29, 1.82) is 0 Å². The Morgan fingerprint density at radius 2 is 2.03 bits per heavy atom. The third-order valence-corrected chi connectivity index (χ3v) is 5.86. The highest BCUT2D eigenvalue weighted by Gasteiger charge is 2.25. The van der Waals surface area contributed by atoms with Gasteiger partial charge in [0.25, 0.3) is 0 Å². The van der Waals surface area contributed by atoms with Crippen molar-refractivity contribution in [2.75, 3.05) is 25.0 Å². The van der Waals surface area contributed by atoms with E-state index >= 15 is 0 Å². The number of H-pyrrole nitrogens is 1. The zero-order valence-corrected chi connectivity index (χ0v) is 17.6. The molecule has 3 amide bonds. The summed E-state index contributed by atoms with van der Waals surface area (Å²) in [4.78, 5) is 30.4. The number of nitrogens with zero attached hydrogens (tertiary/aromatic N) is 1. The van der Waals surface area contributed by atoms with Crippen LogP contribution < -0.4 is 10.6 Å². The zero-order chi connectivity index (χ0) is 21.8. The topological polar surface area (TPSA) is 77.2 Å². The monoisotopic (exact) mass is 422 g/mol. The number of benzene rings is 2. The summed E-state index contributed by atoms with van der Waals surface area (Å²) in [6, 6.07) is 13.4. The maximum atomic E-state index is 13.2. The lowest BCUT2D eigenvalue weighted by molar-refractivity contribution is -0.132. The fraction of sp³-hybridized carbons (Fsp3) is 0.333. The van der Waals surface area contributed by atoms with Gasteiger partial charge in [0.1, 0.15) is 5.82 Å². The van der Waals surface area contributed by atoms with E-state index in [1.165, 1.54) is 12.1 Å². The highest BCUT2D eigenvalue weighted by Crippen LogP contribution is 2.24. The van der Waals surface area contributed by atoms with E-state index in [1.54, 1.807) is 12.1 Å². The average molecular weight is 423 g/mol. The fourth-order valence-corrected chi connectivity index (χ4v) is 4.26. The molecule has 4 rings (SSSR count). The summed E-state index contributed by atoms with van der Waals surface area (Å²) < 4.78 is 13.2. The second-order valence-corrected chi connectivity index (χ2v) is 8.14. The molecule has 2 heterocycles. The quantitative estimate of drug-likeness (QED) is 0.576. The predicted octanol–water partition coefficient (Wildman–Crippen LogP) is 4.22. The summed E-state index contributed by atoms with van der Waals surface area (Å²) in [5.41, 5.74) is 3.54. The smallest absolute Gasteiger partial charge is 0.319 e. The first kappa shape index (κ1) is 20.9. The predicted molar refractivity (Wildman–Crippen MR) is 119 cm³/mol. The molecule has 1 aliphatic heterocycles. The lowest BCUT2D eigenvalue weighted by Crippen LogP contribution is -2.44. The molecule has 3 N–H and O–H groups in total. The number of aromatic nitrogens is 1. The Labute approximate surface area is 180 Å². The van der Waals surface area contributed by atoms with E-state index in [4.69, 9.17) is 0 Å². The molecule has 1 aliphatic rings. The zero-order valence-electron chi connectivity index (χ0n) is 17.6. The molecule has 0 bridgehead atoms. The third-order valence-electron chi connectivity index (χ3n) is 5.86. The van der Waals surface area contributed by atoms with E-state index in [0.29, 0.717) is 25.2 Å². The maximum absolute atomic E-state index is 13.2. The lowest BCUT2D eigenvalue weighted by Gasteiger charge is -2.33. The largest absolute Gasteiger partial charge is 0.358 e. The van der Waals surface area contributed by atoms with Crippen LogP contribution in [0.1, 0.15) is 24.1 Å². The van der Waals surface area contributed by atoms with Crippen molar-refractivity contribution in [3.8, 4) is 0 Å². The molecule has 1 atom stereocenters. The number of rotatable bonds is 5. The van der Waals surface area contributed by atoms with Gasteiger partial charge in [-0.3, -0.25) is 4.79 Å². The molecular weight excluding hydrogens is 395 g/mol. The molecule has 31 heavy (non-hydrogen) atoms. The van der Waals surface area contributed by atoms with Crippen molar-refractivity contribution < 1.29 is 14.0 Å². The second-order valence-electron chi connectivity index (χ2n) is 8.14. The van der Waals surface area contributed by atoms with Crippen molar-refractivity contribution in [3.63, 3.8) is 0 Å². The van der Waals surface area contributed by atoms with Crippen molar-refractivity contribution in [2.45, 2.75) is 26.2 Å². The number of anilines is 1. The summed E-state index contributed by atoms with van der Waals surface area (Å²) in [5.74, 6) is -0.0912. The molecule has 0 radical (unpaired) electrons. The van der Waals surface area contributed by atoms with Gasteiger partial charge >= 0.3 is 6.03 Å². The van der Waals surface area contributed by atoms with Crippen molar-refractivity contribution >= 4 is 28.5 Å². The SMILES string of the molecule is Cc1[nH]c2ccccc2c1CC(=O)N1CCCC(CNC(=O)Nc2cccc(F)c2)C1. The van der Waals surface area contributed by atoms with Crippen LogP contribution in [-0.4, -0.2) is 41.5 Å². The van der Waals surface area contributed by atoms with Gasteiger partial charge < -0.3 is 20.5 Å². The molecular formula is C24H27FN4O2. The summed E-state index contributed by atoms with van der Waals surface area (Å²) in [6.07, 6.45) is 2.24. The number of carbonyl (C=O) groups excluding carboxylic acids is 2. The number of fused-ring (bicyclic) bond motifs is 1. The van der Waals surface area contributed by atoms with Gasteiger partial charge in [0.15, 0.2) is 0 Å². The summed E-state index contributed by atoms with van der Waals surface area (Å²) in [5, 5.41) is 6.57. The van der Waals surface area contributed by atoms with Crippen molar-refractivity contribution in [3.05, 3.63) is 65.6 Å². The van der Waals surface area contributed by atoms with E-state index in [9.17, 15) is 14.0 Å². The molecule has 0 aliphatic carbocycles. The molecule has 1 fully saturated rings. The molecule has 162 valence electrons. The summed E-state index contributed by atoms with van der Waals surface area (Å²) in [6.45, 7) is 3.84. The Kier molecular flexibility index (Phi) is 6.21. The van der Waals surface area contributed by atoms with Gasteiger partial charge in [-0.05, 0) is 55.5 Å². The summed E-state index contributed by atoms with van der Waals surface area (Å²) >= 11 is 0. The Hall–Kier alpha value is -3.35. The average Bonchev–Trinajstić information content (AvgIpc) is 3.07. The van der Waals surface area contributed by atoms with Crippen LogP contribution in [0.2, 0.25) is 0 Å². The first-order chi connectivity index (χ1) is 15.0. The van der Waals surface area contributed by atoms with E-state index in [1.807, 2.05) is 36.1 Å². The number of piperidine rings is 1. The van der Waals surface area contributed by atoms with Crippen molar-refractivity contribution in [1.82, 2.24) is 15.2 Å². The number of hydrogen-bond donors (Lipinski definition) is 3. The first-order valence-corrected chi connectivity index (χ1v) is 10.6. The molecule has 2 aromatic carbocycles. The van der Waals surface area contributed by atoms with Crippen LogP contribution in [0.4, 0.5) is 14.9 Å². The minimum absolute atomic E-state index is 0.113. The second kappa shape index (κ2) is 9.20. The van der Waals surface area contributed by atoms with Crippen LogP contribution >= 0.6 is 0 Å².